The zero-order valence-electron chi connectivity index (χ0n) is 21.9. The summed E-state index contributed by atoms with van der Waals surface area (Å²) in [5, 5.41) is 22.4. The molecule has 0 amide bonds. The molecule has 38 heavy (non-hydrogen) atoms. The SMILES string of the molecule is COc1ccc2ncc(Cl)c([C@@H](O)CCC3(C(=O)O)CCN(CCCSc4ccccc4OC)CC3)c2c1. The zero-order valence-corrected chi connectivity index (χ0v) is 23.4. The Labute approximate surface area is 233 Å². The minimum Gasteiger partial charge on any atom is -0.497 e. The van der Waals surface area contributed by atoms with Crippen LogP contribution in [0.25, 0.3) is 10.9 Å². The second kappa shape index (κ2) is 13.0. The lowest BCUT2D eigenvalue weighted by Crippen LogP contribution is -2.44. The van der Waals surface area contributed by atoms with Gasteiger partial charge in [-0.3, -0.25) is 9.78 Å². The Bertz CT molecular complexity index is 1250. The molecule has 1 fully saturated rings. The second-order valence-electron chi connectivity index (χ2n) is 9.74. The van der Waals surface area contributed by atoms with Crippen molar-refractivity contribution in [1.82, 2.24) is 9.88 Å². The molecule has 0 spiro atoms. The Balaban J connectivity index is 1.33. The van der Waals surface area contributed by atoms with Crippen LogP contribution in [0.15, 0.2) is 53.6 Å². The summed E-state index contributed by atoms with van der Waals surface area (Å²) < 4.78 is 10.8. The largest absolute Gasteiger partial charge is 0.497 e. The van der Waals surface area contributed by atoms with Crippen molar-refractivity contribution in [2.75, 3.05) is 39.6 Å². The predicted molar refractivity (Wildman–Crippen MR) is 152 cm³/mol. The number of fused-ring (bicyclic) bond motifs is 1. The number of halogens is 1. The Morgan fingerprint density at radius 1 is 1.18 bits per heavy atom. The second-order valence-corrected chi connectivity index (χ2v) is 11.3. The maximum atomic E-state index is 12.4. The number of nitrogens with zero attached hydrogens (tertiary/aromatic N) is 2. The van der Waals surface area contributed by atoms with Crippen molar-refractivity contribution in [2.24, 2.45) is 5.41 Å². The van der Waals surface area contributed by atoms with Gasteiger partial charge in [0.15, 0.2) is 0 Å². The van der Waals surface area contributed by atoms with Crippen LogP contribution in [0, 0.1) is 5.41 Å². The Hall–Kier alpha value is -2.52. The quantitative estimate of drug-likeness (QED) is 0.204. The number of carboxylic acid groups (broad SMARTS) is 1. The molecule has 1 aliphatic heterocycles. The fourth-order valence-corrected chi connectivity index (χ4v) is 6.41. The number of aliphatic hydroxyl groups is 1. The van der Waals surface area contributed by atoms with E-state index < -0.39 is 17.5 Å². The third-order valence-corrected chi connectivity index (χ3v) is 8.95. The van der Waals surface area contributed by atoms with E-state index in [0.29, 0.717) is 47.5 Å². The van der Waals surface area contributed by atoms with Gasteiger partial charge in [-0.25, -0.2) is 0 Å². The van der Waals surface area contributed by atoms with Crippen molar-refractivity contribution < 1.29 is 24.5 Å². The zero-order chi connectivity index (χ0) is 27.1. The molecular formula is C29H35ClN2O5S. The lowest BCUT2D eigenvalue weighted by atomic mass is 9.74. The first-order chi connectivity index (χ1) is 18.4. The first kappa shape index (κ1) is 28.5. The molecule has 1 aromatic heterocycles. The number of piperidine rings is 1. The number of ether oxygens (including phenoxy) is 2. The molecule has 4 rings (SSSR count). The van der Waals surface area contributed by atoms with Gasteiger partial charge in [-0.2, -0.15) is 0 Å². The average Bonchev–Trinajstić information content (AvgIpc) is 2.94. The van der Waals surface area contributed by atoms with E-state index in [1.165, 1.54) is 6.20 Å². The van der Waals surface area contributed by atoms with Crippen LogP contribution in [0.4, 0.5) is 0 Å². The lowest BCUT2D eigenvalue weighted by Gasteiger charge is -2.39. The highest BCUT2D eigenvalue weighted by Crippen LogP contribution is 2.41. The van der Waals surface area contributed by atoms with Crippen LogP contribution in [0.2, 0.25) is 5.02 Å². The van der Waals surface area contributed by atoms with Gasteiger partial charge >= 0.3 is 5.97 Å². The average molecular weight is 559 g/mol. The number of benzene rings is 2. The Kier molecular flexibility index (Phi) is 9.76. The van der Waals surface area contributed by atoms with Gasteiger partial charge in [-0.1, -0.05) is 23.7 Å². The fraction of sp³-hybridized carbons (Fsp3) is 0.448. The first-order valence-corrected chi connectivity index (χ1v) is 14.2. The number of likely N-dealkylation sites (tertiary alicyclic amines) is 1. The third kappa shape index (κ3) is 6.54. The number of carbonyl (C=O) groups is 1. The molecule has 0 radical (unpaired) electrons. The highest BCUT2D eigenvalue weighted by molar-refractivity contribution is 7.99. The van der Waals surface area contributed by atoms with Crippen molar-refractivity contribution in [3.05, 3.63) is 59.2 Å². The minimum absolute atomic E-state index is 0.303. The van der Waals surface area contributed by atoms with Crippen LogP contribution in [-0.2, 0) is 4.79 Å². The van der Waals surface area contributed by atoms with E-state index in [-0.39, 0.29) is 0 Å². The van der Waals surface area contributed by atoms with Gasteiger partial charge in [0.2, 0.25) is 0 Å². The number of para-hydroxylation sites is 1. The van der Waals surface area contributed by atoms with Gasteiger partial charge in [-0.05, 0) is 87.8 Å². The summed E-state index contributed by atoms with van der Waals surface area (Å²) in [6.45, 7) is 2.40. The number of methoxy groups -OCH3 is 2. The van der Waals surface area contributed by atoms with Gasteiger partial charge in [0.25, 0.3) is 0 Å². The number of aromatic nitrogens is 1. The van der Waals surface area contributed by atoms with Crippen LogP contribution >= 0.6 is 23.4 Å². The van der Waals surface area contributed by atoms with Crippen LogP contribution in [0.5, 0.6) is 11.5 Å². The van der Waals surface area contributed by atoms with Crippen LogP contribution < -0.4 is 9.47 Å². The first-order valence-electron chi connectivity index (χ1n) is 12.9. The number of aliphatic carboxylic acids is 1. The standard InChI is InChI=1S/C29H35ClN2O5S/c1-36-20-8-9-23-21(18-20)27(22(30)19-31-23)24(33)10-11-29(28(34)35)12-15-32(16-13-29)14-5-17-38-26-7-4-3-6-25(26)37-2/h3-4,6-9,18-19,24,33H,5,10-17H2,1-2H3,(H,34,35)/t24-/m0/s1. The summed E-state index contributed by atoms with van der Waals surface area (Å²) >= 11 is 8.23. The number of pyridine rings is 1. The Morgan fingerprint density at radius 3 is 2.66 bits per heavy atom. The summed E-state index contributed by atoms with van der Waals surface area (Å²) in [6.07, 6.45) is 3.45. The summed E-state index contributed by atoms with van der Waals surface area (Å²) in [6, 6.07) is 13.5. The van der Waals surface area contributed by atoms with Crippen molar-refractivity contribution in [1.29, 1.82) is 0 Å². The van der Waals surface area contributed by atoms with Crippen LogP contribution in [-0.4, -0.2) is 65.7 Å². The number of hydrogen-bond donors (Lipinski definition) is 2. The number of rotatable bonds is 12. The monoisotopic (exact) mass is 558 g/mol. The molecule has 0 unspecified atom stereocenters. The number of carboxylic acids is 1. The van der Waals surface area contributed by atoms with E-state index in [1.807, 2.05) is 36.4 Å². The molecular weight excluding hydrogens is 524 g/mol. The highest BCUT2D eigenvalue weighted by atomic mass is 35.5. The van der Waals surface area contributed by atoms with E-state index >= 15 is 0 Å². The maximum Gasteiger partial charge on any atom is 0.309 e. The summed E-state index contributed by atoms with van der Waals surface area (Å²) in [7, 11) is 3.27. The molecule has 1 atom stereocenters. The molecule has 2 heterocycles. The number of hydrogen-bond acceptors (Lipinski definition) is 7. The van der Waals surface area contributed by atoms with Crippen molar-refractivity contribution in [3.8, 4) is 11.5 Å². The molecule has 1 aliphatic rings. The maximum absolute atomic E-state index is 12.4. The van der Waals surface area contributed by atoms with Gasteiger partial charge in [0.05, 0.1) is 36.3 Å². The van der Waals surface area contributed by atoms with Gasteiger partial charge < -0.3 is 24.6 Å². The highest BCUT2D eigenvalue weighted by Gasteiger charge is 2.41. The van der Waals surface area contributed by atoms with Crippen molar-refractivity contribution in [2.45, 2.75) is 43.1 Å². The van der Waals surface area contributed by atoms with Crippen molar-refractivity contribution >= 4 is 40.2 Å². The Morgan fingerprint density at radius 2 is 1.95 bits per heavy atom. The predicted octanol–water partition coefficient (Wildman–Crippen LogP) is 6.07. The number of aliphatic hydroxyl groups excluding tert-OH is 1. The lowest BCUT2D eigenvalue weighted by molar-refractivity contribution is -0.153. The summed E-state index contributed by atoms with van der Waals surface area (Å²) in [5.74, 6) is 1.72. The van der Waals surface area contributed by atoms with E-state index in [2.05, 4.69) is 16.0 Å². The van der Waals surface area contributed by atoms with Crippen LogP contribution in [0.3, 0.4) is 0 Å². The van der Waals surface area contributed by atoms with E-state index in [0.717, 1.165) is 47.8 Å². The van der Waals surface area contributed by atoms with E-state index in [4.69, 9.17) is 21.1 Å². The van der Waals surface area contributed by atoms with Gasteiger partial charge in [0.1, 0.15) is 11.5 Å². The van der Waals surface area contributed by atoms with E-state index in [9.17, 15) is 15.0 Å². The molecule has 9 heteroatoms. The topological polar surface area (TPSA) is 92.1 Å². The molecule has 0 bridgehead atoms. The summed E-state index contributed by atoms with van der Waals surface area (Å²) in [5.41, 5.74) is 0.423. The van der Waals surface area contributed by atoms with Crippen LogP contribution in [0.1, 0.15) is 43.8 Å². The minimum atomic E-state index is -0.902. The molecule has 1 saturated heterocycles. The molecule has 2 N–H and O–H groups in total. The molecule has 3 aromatic rings. The normalized spacial score (nSPS) is 16.3. The number of thioether (sulfide) groups is 1. The molecule has 2 aromatic carbocycles. The molecule has 0 aliphatic carbocycles. The van der Waals surface area contributed by atoms with E-state index in [1.54, 1.807) is 26.0 Å². The summed E-state index contributed by atoms with van der Waals surface area (Å²) in [4.78, 5) is 20.2. The molecule has 204 valence electrons. The molecule has 0 saturated carbocycles. The third-order valence-electron chi connectivity index (χ3n) is 7.51. The fourth-order valence-electron chi connectivity index (χ4n) is 5.17. The smallest absolute Gasteiger partial charge is 0.309 e. The molecule has 7 nitrogen and oxygen atoms in total. The van der Waals surface area contributed by atoms with Gasteiger partial charge in [-0.15, -0.1) is 11.8 Å². The van der Waals surface area contributed by atoms with Crippen molar-refractivity contribution in [3.63, 3.8) is 0 Å². The van der Waals surface area contributed by atoms with Gasteiger partial charge in [0, 0.05) is 22.0 Å².